The number of aromatic nitrogens is 5. The Hall–Kier alpha value is -4.35. The number of nitrogens with one attached hydrogen (secondary N) is 1. The smallest absolute Gasteiger partial charge is 0.410 e. The Morgan fingerprint density at radius 2 is 1.72 bits per heavy atom. The van der Waals surface area contributed by atoms with E-state index in [-0.39, 0.29) is 35.2 Å². The maximum absolute atomic E-state index is 14.5. The molecule has 39 heavy (non-hydrogen) atoms. The number of piperazine rings is 1. The molecule has 4 aromatic heterocycles. The largest absolute Gasteiger partial charge is 0.444 e. The summed E-state index contributed by atoms with van der Waals surface area (Å²) in [5, 5.41) is 2.71. The van der Waals surface area contributed by atoms with Crippen molar-refractivity contribution in [2.24, 2.45) is 0 Å². The van der Waals surface area contributed by atoms with Gasteiger partial charge in [-0.05, 0) is 41.5 Å². The van der Waals surface area contributed by atoms with Crippen LogP contribution in [0.5, 0.6) is 0 Å². The Balaban J connectivity index is 1.42. The number of aryl methyl sites for hydroxylation is 1. The molecule has 1 aliphatic heterocycles. The average molecular weight is 535 g/mol. The second-order valence-corrected chi connectivity index (χ2v) is 10.9. The third kappa shape index (κ3) is 5.18. The predicted octanol–water partition coefficient (Wildman–Crippen LogP) is 4.21. The molecular formula is C27H31FN8O3. The molecule has 1 N–H and O–H groups in total. The molecular weight excluding hydrogens is 503 g/mol. The van der Waals surface area contributed by atoms with Crippen LogP contribution >= 0.6 is 0 Å². The van der Waals surface area contributed by atoms with Crippen molar-refractivity contribution in [3.63, 3.8) is 0 Å². The van der Waals surface area contributed by atoms with E-state index in [0.717, 1.165) is 0 Å². The molecule has 0 radical (unpaired) electrons. The number of ether oxygens (including phenoxy) is 1. The molecule has 204 valence electrons. The van der Waals surface area contributed by atoms with Gasteiger partial charge >= 0.3 is 6.09 Å². The van der Waals surface area contributed by atoms with Crippen molar-refractivity contribution in [1.29, 1.82) is 0 Å². The van der Waals surface area contributed by atoms with Crippen molar-refractivity contribution in [2.75, 3.05) is 23.3 Å². The maximum atomic E-state index is 14.5. The Morgan fingerprint density at radius 3 is 2.38 bits per heavy atom. The second kappa shape index (κ2) is 9.75. The van der Waals surface area contributed by atoms with E-state index in [0.29, 0.717) is 35.5 Å². The highest BCUT2D eigenvalue weighted by Crippen LogP contribution is 2.30. The van der Waals surface area contributed by atoms with Crippen LogP contribution in [-0.2, 0) is 4.74 Å². The fourth-order valence-electron chi connectivity index (χ4n) is 4.98. The number of rotatable bonds is 3. The van der Waals surface area contributed by atoms with Gasteiger partial charge in [0.2, 0.25) is 0 Å². The van der Waals surface area contributed by atoms with E-state index < -0.39 is 17.3 Å². The highest BCUT2D eigenvalue weighted by molar-refractivity contribution is 6.11. The first-order valence-corrected chi connectivity index (χ1v) is 12.7. The molecule has 2 amide bonds. The average Bonchev–Trinajstić information content (AvgIpc) is 3.22. The standard InChI is InChI=1S/C27H31FN8O3/c1-15-11-35-14-18(9-19(28)24(35)32-15)33-25(37)23-22-21(29-7-8-30-22)20(10-31-23)34-12-16(2)36(17(3)13-34)26(38)39-27(4,5)6/h7-11,14,16-17H,12-13H2,1-6H3,(H,33,37)/t16-,17+. The number of amides is 2. The quantitative estimate of drug-likeness (QED) is 0.415. The number of carbonyl (C=O) groups is 2. The predicted molar refractivity (Wildman–Crippen MR) is 144 cm³/mol. The molecule has 0 saturated carbocycles. The molecule has 0 bridgehead atoms. The fraction of sp³-hybridized carbons (Fsp3) is 0.407. The van der Waals surface area contributed by atoms with Crippen LogP contribution in [0.15, 0.2) is 37.1 Å². The van der Waals surface area contributed by atoms with E-state index >= 15 is 0 Å². The zero-order chi connectivity index (χ0) is 28.1. The maximum Gasteiger partial charge on any atom is 0.410 e. The normalized spacial score (nSPS) is 18.0. The molecule has 4 aromatic rings. The summed E-state index contributed by atoms with van der Waals surface area (Å²) < 4.78 is 21.7. The Kier molecular flexibility index (Phi) is 6.57. The minimum atomic E-state index is -0.588. The zero-order valence-corrected chi connectivity index (χ0v) is 22.8. The van der Waals surface area contributed by atoms with Crippen molar-refractivity contribution in [2.45, 2.75) is 59.2 Å². The van der Waals surface area contributed by atoms with E-state index in [1.165, 1.54) is 16.7 Å². The molecule has 0 unspecified atom stereocenters. The number of halogens is 1. The molecule has 5 heterocycles. The summed E-state index contributed by atoms with van der Waals surface area (Å²) in [6.45, 7) is 12.3. The van der Waals surface area contributed by atoms with Gasteiger partial charge < -0.3 is 19.4 Å². The first kappa shape index (κ1) is 26.3. The summed E-state index contributed by atoms with van der Waals surface area (Å²) in [6.07, 6.45) is 7.56. The summed E-state index contributed by atoms with van der Waals surface area (Å²) in [6, 6.07) is 0.930. The molecule has 11 nitrogen and oxygen atoms in total. The van der Waals surface area contributed by atoms with Crippen LogP contribution in [0.2, 0.25) is 0 Å². The van der Waals surface area contributed by atoms with E-state index in [9.17, 15) is 14.0 Å². The molecule has 12 heteroatoms. The first-order chi connectivity index (χ1) is 18.4. The fourth-order valence-corrected chi connectivity index (χ4v) is 4.98. The van der Waals surface area contributed by atoms with Crippen molar-refractivity contribution >= 4 is 40.1 Å². The van der Waals surface area contributed by atoms with Crippen LogP contribution in [0.1, 0.15) is 50.8 Å². The molecule has 1 aliphatic rings. The molecule has 0 aromatic carbocycles. The molecule has 1 saturated heterocycles. The number of carbonyl (C=O) groups excluding carboxylic acids is 2. The lowest BCUT2D eigenvalue weighted by atomic mass is 10.1. The van der Waals surface area contributed by atoms with Gasteiger partial charge in [-0.2, -0.15) is 0 Å². The van der Waals surface area contributed by atoms with Crippen molar-refractivity contribution in [3.8, 4) is 0 Å². The van der Waals surface area contributed by atoms with Crippen LogP contribution in [0.25, 0.3) is 16.7 Å². The van der Waals surface area contributed by atoms with Crippen molar-refractivity contribution in [3.05, 3.63) is 54.3 Å². The third-order valence-corrected chi connectivity index (χ3v) is 6.44. The van der Waals surface area contributed by atoms with Gasteiger partial charge in [0.15, 0.2) is 17.2 Å². The highest BCUT2D eigenvalue weighted by Gasteiger charge is 2.36. The summed E-state index contributed by atoms with van der Waals surface area (Å²) in [4.78, 5) is 47.4. The number of hydrogen-bond donors (Lipinski definition) is 1. The number of imidazole rings is 1. The van der Waals surface area contributed by atoms with Crippen molar-refractivity contribution in [1.82, 2.24) is 29.2 Å². The van der Waals surface area contributed by atoms with Crippen LogP contribution in [0.4, 0.5) is 20.6 Å². The second-order valence-electron chi connectivity index (χ2n) is 10.9. The minimum Gasteiger partial charge on any atom is -0.444 e. The summed E-state index contributed by atoms with van der Waals surface area (Å²) >= 11 is 0. The summed E-state index contributed by atoms with van der Waals surface area (Å²) in [7, 11) is 0. The van der Waals surface area contributed by atoms with Gasteiger partial charge in [0.05, 0.1) is 35.3 Å². The van der Waals surface area contributed by atoms with Gasteiger partial charge in [0.25, 0.3) is 5.91 Å². The van der Waals surface area contributed by atoms with Gasteiger partial charge in [0, 0.05) is 43.9 Å². The first-order valence-electron chi connectivity index (χ1n) is 12.7. The van der Waals surface area contributed by atoms with Crippen LogP contribution < -0.4 is 10.2 Å². The van der Waals surface area contributed by atoms with Crippen LogP contribution in [0, 0.1) is 12.7 Å². The lowest BCUT2D eigenvalue weighted by Gasteiger charge is -2.45. The number of fused-ring (bicyclic) bond motifs is 2. The van der Waals surface area contributed by atoms with Gasteiger partial charge in [-0.3, -0.25) is 19.7 Å². The SMILES string of the molecule is Cc1cn2cc(NC(=O)c3ncc(N4C[C@@H](C)N(C(=O)OC(C)(C)C)[C@@H](C)C4)c4nccnc34)cc(F)c2n1. The number of nitrogens with zero attached hydrogens (tertiary/aromatic N) is 7. The Bertz CT molecular complexity index is 1570. The highest BCUT2D eigenvalue weighted by atomic mass is 19.1. The topological polar surface area (TPSA) is 118 Å². The summed E-state index contributed by atoms with van der Waals surface area (Å²) in [5.41, 5.74) is 2.11. The lowest BCUT2D eigenvalue weighted by molar-refractivity contribution is 0.00566. The van der Waals surface area contributed by atoms with Crippen LogP contribution in [-0.4, -0.2) is 72.0 Å². The van der Waals surface area contributed by atoms with E-state index in [4.69, 9.17) is 4.74 Å². The van der Waals surface area contributed by atoms with E-state index in [1.54, 1.807) is 36.6 Å². The van der Waals surface area contributed by atoms with Gasteiger partial charge in [-0.25, -0.2) is 19.2 Å². The monoisotopic (exact) mass is 534 g/mol. The third-order valence-electron chi connectivity index (χ3n) is 6.44. The number of pyridine rings is 2. The zero-order valence-electron chi connectivity index (χ0n) is 22.8. The summed E-state index contributed by atoms with van der Waals surface area (Å²) in [5.74, 6) is -1.10. The number of anilines is 2. The van der Waals surface area contributed by atoms with E-state index in [1.807, 2.05) is 34.6 Å². The minimum absolute atomic E-state index is 0.0673. The van der Waals surface area contributed by atoms with Gasteiger partial charge in [-0.15, -0.1) is 0 Å². The number of hydrogen-bond acceptors (Lipinski definition) is 8. The van der Waals surface area contributed by atoms with Gasteiger partial charge in [-0.1, -0.05) is 0 Å². The molecule has 0 spiro atoms. The van der Waals surface area contributed by atoms with Gasteiger partial charge in [0.1, 0.15) is 16.6 Å². The Labute approximate surface area is 225 Å². The lowest BCUT2D eigenvalue weighted by Crippen LogP contribution is -2.59. The molecule has 2 atom stereocenters. The molecule has 1 fully saturated rings. The molecule has 5 rings (SSSR count). The van der Waals surface area contributed by atoms with E-state index in [2.05, 4.69) is 30.2 Å². The van der Waals surface area contributed by atoms with Crippen molar-refractivity contribution < 1.29 is 18.7 Å². The van der Waals surface area contributed by atoms with Crippen LogP contribution in [0.3, 0.4) is 0 Å². The Morgan fingerprint density at radius 1 is 1.05 bits per heavy atom. The molecule has 0 aliphatic carbocycles.